The second-order valence-corrected chi connectivity index (χ2v) is 9.30. The van der Waals surface area contributed by atoms with Crippen molar-refractivity contribution in [3.8, 4) is 16.9 Å². The van der Waals surface area contributed by atoms with E-state index in [-0.39, 0.29) is 23.8 Å². The molecule has 0 amide bonds. The predicted molar refractivity (Wildman–Crippen MR) is 124 cm³/mol. The maximum atomic E-state index is 15.0. The van der Waals surface area contributed by atoms with Crippen LogP contribution in [0.1, 0.15) is 47.1 Å². The van der Waals surface area contributed by atoms with E-state index in [1.54, 1.807) is 6.07 Å². The molecule has 6 rings (SSSR count). The van der Waals surface area contributed by atoms with E-state index < -0.39 is 5.97 Å². The number of rotatable bonds is 5. The summed E-state index contributed by atoms with van der Waals surface area (Å²) >= 11 is 0. The molecule has 0 unspecified atom stereocenters. The first-order chi connectivity index (χ1) is 16.0. The van der Waals surface area contributed by atoms with Crippen molar-refractivity contribution < 1.29 is 23.6 Å². The van der Waals surface area contributed by atoms with Gasteiger partial charge < -0.3 is 9.84 Å². The molecule has 2 aliphatic carbocycles. The minimum absolute atomic E-state index is 0.0896. The molecule has 166 valence electrons. The standard InChI is InChI=1S/C28H24FNO3/c1-30-14-13-17-3-2-4-21(27(17)30)19-9-11-24(29)26-20(19)10-12-25(26)33-18-7-5-16(6-8-18)22-15-23(22)28(31)32/h2-9,11,14,22-23,25H,10,12-13,15H2,1H3/p+1/t22-,23+,25-/m1/s1. The molecule has 1 fully saturated rings. The lowest BCUT2D eigenvalue weighted by molar-refractivity contribution is -0.395. The van der Waals surface area contributed by atoms with Gasteiger partial charge in [-0.05, 0) is 66.1 Å². The highest BCUT2D eigenvalue weighted by Crippen LogP contribution is 2.48. The monoisotopic (exact) mass is 442 g/mol. The van der Waals surface area contributed by atoms with E-state index in [1.807, 2.05) is 30.3 Å². The number of hydrogen-bond acceptors (Lipinski definition) is 2. The minimum Gasteiger partial charge on any atom is -0.486 e. The smallest absolute Gasteiger partial charge is 0.307 e. The summed E-state index contributed by atoms with van der Waals surface area (Å²) in [7, 11) is 2.06. The fraction of sp³-hybridized carbons (Fsp3) is 0.286. The average molecular weight is 443 g/mol. The summed E-state index contributed by atoms with van der Waals surface area (Å²) in [5.41, 5.74) is 7.43. The van der Waals surface area contributed by atoms with E-state index in [1.165, 1.54) is 11.3 Å². The zero-order valence-electron chi connectivity index (χ0n) is 18.4. The van der Waals surface area contributed by atoms with Crippen molar-refractivity contribution in [1.29, 1.82) is 0 Å². The van der Waals surface area contributed by atoms with Crippen LogP contribution in [0.2, 0.25) is 0 Å². The molecular weight excluding hydrogens is 417 g/mol. The number of carboxylic acid groups (broad SMARTS) is 1. The fourth-order valence-corrected chi connectivity index (χ4v) is 5.55. The van der Waals surface area contributed by atoms with Gasteiger partial charge in [-0.1, -0.05) is 30.3 Å². The summed E-state index contributed by atoms with van der Waals surface area (Å²) in [6.45, 7) is 0. The Bertz CT molecular complexity index is 1310. The molecule has 5 heteroatoms. The Morgan fingerprint density at radius 2 is 1.91 bits per heavy atom. The van der Waals surface area contributed by atoms with Crippen LogP contribution in [0.5, 0.6) is 5.75 Å². The molecule has 4 nitrogen and oxygen atoms in total. The van der Waals surface area contributed by atoms with Gasteiger partial charge in [0.2, 0.25) is 5.69 Å². The fourth-order valence-electron chi connectivity index (χ4n) is 5.55. The summed E-state index contributed by atoms with van der Waals surface area (Å²) < 4.78 is 23.4. The van der Waals surface area contributed by atoms with Gasteiger partial charge in [0.15, 0.2) is 0 Å². The van der Waals surface area contributed by atoms with Crippen LogP contribution in [0.25, 0.3) is 11.1 Å². The van der Waals surface area contributed by atoms with Gasteiger partial charge in [-0.3, -0.25) is 4.79 Å². The van der Waals surface area contributed by atoms with E-state index in [9.17, 15) is 4.79 Å². The first-order valence-corrected chi connectivity index (χ1v) is 11.5. The number of fused-ring (bicyclic) bond motifs is 2. The van der Waals surface area contributed by atoms with Gasteiger partial charge in [-0.15, -0.1) is 0 Å². The first kappa shape index (κ1) is 20.2. The van der Waals surface area contributed by atoms with Crippen LogP contribution in [0.3, 0.4) is 0 Å². The molecule has 0 radical (unpaired) electrons. The Hall–Kier alpha value is -3.47. The van der Waals surface area contributed by atoms with Crippen LogP contribution in [-0.4, -0.2) is 28.9 Å². The maximum absolute atomic E-state index is 15.0. The number of carboxylic acids is 1. The van der Waals surface area contributed by atoms with Crippen molar-refractivity contribution in [1.82, 2.24) is 0 Å². The van der Waals surface area contributed by atoms with Crippen molar-refractivity contribution in [3.63, 3.8) is 0 Å². The number of aliphatic carboxylic acids is 1. The number of hydrogen-bond donors (Lipinski definition) is 1. The van der Waals surface area contributed by atoms with Gasteiger partial charge >= 0.3 is 5.97 Å². The lowest BCUT2D eigenvalue weighted by Gasteiger charge is -2.17. The number of ether oxygens (including phenoxy) is 1. The van der Waals surface area contributed by atoms with E-state index in [2.05, 4.69) is 36.0 Å². The molecule has 0 aromatic heterocycles. The summed E-state index contributed by atoms with van der Waals surface area (Å²) in [4.78, 5) is 11.1. The van der Waals surface area contributed by atoms with Crippen molar-refractivity contribution >= 4 is 17.9 Å². The SMILES string of the molecule is C[N+]1=CCc2cccc(-c3ccc(F)c4c3CC[C@H]4Oc3ccc([C@H]4C[C@@H]4C(=O)O)cc3)c21. The number of halogens is 1. The topological polar surface area (TPSA) is 49.5 Å². The number of para-hydroxylation sites is 1. The molecule has 0 spiro atoms. The van der Waals surface area contributed by atoms with E-state index in [0.29, 0.717) is 17.7 Å². The Labute approximate surface area is 192 Å². The van der Waals surface area contributed by atoms with Crippen molar-refractivity contribution in [2.24, 2.45) is 5.92 Å². The third kappa shape index (κ3) is 3.34. The zero-order chi connectivity index (χ0) is 22.7. The Morgan fingerprint density at radius 3 is 2.67 bits per heavy atom. The van der Waals surface area contributed by atoms with Gasteiger partial charge in [0.1, 0.15) is 30.9 Å². The molecule has 1 aliphatic heterocycles. The number of carbonyl (C=O) groups is 1. The van der Waals surface area contributed by atoms with Gasteiger partial charge in [-0.25, -0.2) is 8.97 Å². The summed E-state index contributed by atoms with van der Waals surface area (Å²) in [5.74, 6) is -0.456. The van der Waals surface area contributed by atoms with Gasteiger partial charge in [0.05, 0.1) is 17.9 Å². The molecule has 3 aromatic rings. The number of benzene rings is 3. The molecule has 3 aromatic carbocycles. The van der Waals surface area contributed by atoms with Crippen LogP contribution in [0.4, 0.5) is 10.1 Å². The van der Waals surface area contributed by atoms with Crippen molar-refractivity contribution in [3.05, 3.63) is 82.7 Å². The predicted octanol–water partition coefficient (Wildman–Crippen LogP) is 5.65. The normalized spacial score (nSPS) is 22.5. The molecule has 1 N–H and O–H groups in total. The highest BCUT2D eigenvalue weighted by atomic mass is 19.1. The maximum Gasteiger partial charge on any atom is 0.307 e. The third-order valence-electron chi connectivity index (χ3n) is 7.32. The minimum atomic E-state index is -0.734. The van der Waals surface area contributed by atoms with Crippen molar-refractivity contribution in [2.75, 3.05) is 7.05 Å². The summed E-state index contributed by atoms with van der Waals surface area (Å²) in [6, 6.07) is 17.4. The Morgan fingerprint density at radius 1 is 1.09 bits per heavy atom. The molecule has 33 heavy (non-hydrogen) atoms. The molecule has 3 aliphatic rings. The molecule has 1 heterocycles. The molecule has 0 saturated heterocycles. The lowest BCUT2D eigenvalue weighted by atomic mass is 9.93. The third-order valence-corrected chi connectivity index (χ3v) is 7.32. The van der Waals surface area contributed by atoms with Crippen LogP contribution < -0.4 is 4.74 Å². The second kappa shape index (κ2) is 7.55. The lowest BCUT2D eigenvalue weighted by Crippen LogP contribution is -2.06. The largest absolute Gasteiger partial charge is 0.486 e. The Balaban J connectivity index is 1.29. The molecule has 3 atom stereocenters. The summed E-state index contributed by atoms with van der Waals surface area (Å²) in [5, 5.41) is 9.15. The summed E-state index contributed by atoms with van der Waals surface area (Å²) in [6.07, 6.45) is 4.94. The van der Waals surface area contributed by atoms with E-state index in [4.69, 9.17) is 9.84 Å². The van der Waals surface area contributed by atoms with Crippen LogP contribution in [0.15, 0.2) is 54.6 Å². The van der Waals surface area contributed by atoms with Gasteiger partial charge in [0, 0.05) is 11.1 Å². The molecular formula is C28H25FNO3+. The molecule has 1 saturated carbocycles. The van der Waals surface area contributed by atoms with Gasteiger partial charge in [0.25, 0.3) is 0 Å². The van der Waals surface area contributed by atoms with Gasteiger partial charge in [-0.2, -0.15) is 0 Å². The second-order valence-electron chi connectivity index (χ2n) is 9.30. The highest BCUT2D eigenvalue weighted by Gasteiger charge is 2.44. The molecule has 0 bridgehead atoms. The highest BCUT2D eigenvalue weighted by molar-refractivity contribution is 5.83. The average Bonchev–Trinajstić information content (AvgIpc) is 3.38. The van der Waals surface area contributed by atoms with Crippen LogP contribution >= 0.6 is 0 Å². The van der Waals surface area contributed by atoms with Crippen LogP contribution in [0, 0.1) is 11.7 Å². The Kier molecular flexibility index (Phi) is 4.61. The number of nitrogens with zero attached hydrogens (tertiary/aromatic N) is 1. The van der Waals surface area contributed by atoms with E-state index >= 15 is 4.39 Å². The first-order valence-electron chi connectivity index (χ1n) is 11.5. The van der Waals surface area contributed by atoms with E-state index in [0.717, 1.165) is 41.5 Å². The van der Waals surface area contributed by atoms with Crippen LogP contribution in [-0.2, 0) is 17.6 Å². The zero-order valence-corrected chi connectivity index (χ0v) is 18.4. The van der Waals surface area contributed by atoms with Crippen molar-refractivity contribution in [2.45, 2.75) is 37.7 Å². The quantitative estimate of drug-likeness (QED) is 0.520.